The third-order valence-electron chi connectivity index (χ3n) is 2.04. The van der Waals surface area contributed by atoms with Crippen LogP contribution >= 0.6 is 15.9 Å². The summed E-state index contributed by atoms with van der Waals surface area (Å²) in [4.78, 5) is 13.7. The van der Waals surface area contributed by atoms with Gasteiger partial charge in [-0.05, 0) is 16.8 Å². The van der Waals surface area contributed by atoms with E-state index in [9.17, 15) is 10.1 Å². The van der Waals surface area contributed by atoms with Gasteiger partial charge in [0.1, 0.15) is 11.8 Å². The predicted molar refractivity (Wildman–Crippen MR) is 50.9 cm³/mol. The lowest BCUT2D eigenvalue weighted by atomic mass is 10.2. The summed E-state index contributed by atoms with van der Waals surface area (Å²) in [6.07, 6.45) is 1.40. The molecule has 6 nitrogen and oxygen atoms in total. The molecular weight excluding hydrogens is 254 g/mol. The molecule has 7 heteroatoms. The summed E-state index contributed by atoms with van der Waals surface area (Å²) in [5.41, 5.74) is -0.183. The fraction of sp³-hybridized carbons (Fsp3) is 0.571. The fourth-order valence-electron chi connectivity index (χ4n) is 1.15. The van der Waals surface area contributed by atoms with Gasteiger partial charge in [0.05, 0.1) is 13.2 Å². The van der Waals surface area contributed by atoms with E-state index in [1.54, 1.807) is 4.57 Å². The molecule has 0 unspecified atom stereocenters. The molecule has 1 aliphatic heterocycles. The van der Waals surface area contributed by atoms with Crippen LogP contribution in [-0.4, -0.2) is 26.7 Å². The Balaban J connectivity index is 2.21. The summed E-state index contributed by atoms with van der Waals surface area (Å²) in [5, 5.41) is 10.4. The largest absolute Gasteiger partial charge is 0.382 e. The Morgan fingerprint density at radius 3 is 3.00 bits per heavy atom. The molecular formula is C7H8BrN3O3. The van der Waals surface area contributed by atoms with Gasteiger partial charge in [0.25, 0.3) is 4.73 Å². The van der Waals surface area contributed by atoms with Crippen LogP contribution in [0, 0.1) is 10.1 Å². The van der Waals surface area contributed by atoms with E-state index in [1.807, 2.05) is 6.92 Å². The highest BCUT2D eigenvalue weighted by Gasteiger charge is 2.40. The molecule has 1 aromatic heterocycles. The molecule has 2 heterocycles. The first-order valence-corrected chi connectivity index (χ1v) is 4.80. The van der Waals surface area contributed by atoms with Gasteiger partial charge in [0.2, 0.25) is 0 Å². The number of nitro groups is 1. The number of aromatic nitrogens is 2. The predicted octanol–water partition coefficient (Wildman–Crippen LogP) is 1.34. The molecule has 14 heavy (non-hydrogen) atoms. The molecule has 1 aliphatic rings. The summed E-state index contributed by atoms with van der Waals surface area (Å²) in [7, 11) is 0. The van der Waals surface area contributed by atoms with E-state index in [4.69, 9.17) is 4.74 Å². The van der Waals surface area contributed by atoms with Crippen molar-refractivity contribution in [3.8, 4) is 0 Å². The average Bonchev–Trinajstić information content (AvgIpc) is 2.69. The van der Waals surface area contributed by atoms with Crippen LogP contribution in [0.1, 0.15) is 6.92 Å². The van der Waals surface area contributed by atoms with Crippen molar-refractivity contribution in [3.05, 3.63) is 21.0 Å². The van der Waals surface area contributed by atoms with Crippen LogP contribution in [0.25, 0.3) is 0 Å². The third kappa shape index (κ3) is 1.78. The SMILES string of the molecule is C[C@@]1(Cn2cc([N+](=O)[O-])nc2Br)CO1. The van der Waals surface area contributed by atoms with Gasteiger partial charge in [-0.25, -0.2) is 0 Å². The van der Waals surface area contributed by atoms with Crippen molar-refractivity contribution < 1.29 is 9.66 Å². The van der Waals surface area contributed by atoms with E-state index in [0.29, 0.717) is 17.9 Å². The molecule has 1 saturated heterocycles. The lowest BCUT2D eigenvalue weighted by Crippen LogP contribution is -2.14. The Morgan fingerprint density at radius 2 is 2.57 bits per heavy atom. The first kappa shape index (κ1) is 9.60. The molecule has 76 valence electrons. The summed E-state index contributed by atoms with van der Waals surface area (Å²) in [6, 6.07) is 0. The van der Waals surface area contributed by atoms with E-state index >= 15 is 0 Å². The first-order chi connectivity index (χ1) is 6.50. The second-order valence-corrected chi connectivity index (χ2v) is 4.20. The van der Waals surface area contributed by atoms with Crippen molar-refractivity contribution in [1.29, 1.82) is 0 Å². The van der Waals surface area contributed by atoms with E-state index in [0.717, 1.165) is 0 Å². The van der Waals surface area contributed by atoms with Gasteiger partial charge in [0.15, 0.2) is 0 Å². The van der Waals surface area contributed by atoms with E-state index < -0.39 is 4.92 Å². The zero-order chi connectivity index (χ0) is 10.3. The van der Waals surface area contributed by atoms with Crippen molar-refractivity contribution in [3.63, 3.8) is 0 Å². The number of epoxide rings is 1. The monoisotopic (exact) mass is 261 g/mol. The lowest BCUT2D eigenvalue weighted by Gasteiger charge is -2.04. The molecule has 1 aromatic rings. The van der Waals surface area contributed by atoms with Crippen molar-refractivity contribution >= 4 is 21.7 Å². The molecule has 0 N–H and O–H groups in total. The first-order valence-electron chi connectivity index (χ1n) is 4.01. The van der Waals surface area contributed by atoms with Crippen LogP contribution in [0.15, 0.2) is 10.9 Å². The van der Waals surface area contributed by atoms with Gasteiger partial charge in [-0.15, -0.1) is 0 Å². The van der Waals surface area contributed by atoms with Crippen molar-refractivity contribution in [2.45, 2.75) is 19.1 Å². The summed E-state index contributed by atoms with van der Waals surface area (Å²) >= 11 is 3.16. The van der Waals surface area contributed by atoms with Crippen LogP contribution < -0.4 is 0 Å². The molecule has 0 aliphatic carbocycles. The zero-order valence-corrected chi connectivity index (χ0v) is 9.02. The van der Waals surface area contributed by atoms with Gasteiger partial charge < -0.3 is 14.9 Å². The minimum absolute atomic E-state index is 0.152. The number of hydrogen-bond donors (Lipinski definition) is 0. The van der Waals surface area contributed by atoms with Crippen LogP contribution in [0.3, 0.4) is 0 Å². The molecule has 0 saturated carbocycles. The Hall–Kier alpha value is -0.950. The number of imidazole rings is 1. The quantitative estimate of drug-likeness (QED) is 0.468. The van der Waals surface area contributed by atoms with Crippen molar-refractivity contribution in [1.82, 2.24) is 9.55 Å². The summed E-state index contributed by atoms with van der Waals surface area (Å²) in [5.74, 6) is -0.152. The van der Waals surface area contributed by atoms with E-state index in [-0.39, 0.29) is 11.4 Å². The highest BCUT2D eigenvalue weighted by atomic mass is 79.9. The van der Waals surface area contributed by atoms with Gasteiger partial charge in [-0.2, -0.15) is 0 Å². The molecule has 0 spiro atoms. The number of ether oxygens (including phenoxy) is 1. The average molecular weight is 262 g/mol. The van der Waals surface area contributed by atoms with Gasteiger partial charge in [-0.1, -0.05) is 0 Å². The molecule has 2 rings (SSSR count). The number of rotatable bonds is 3. The Morgan fingerprint density at radius 1 is 1.93 bits per heavy atom. The maximum absolute atomic E-state index is 10.4. The second kappa shape index (κ2) is 3.03. The Bertz CT molecular complexity index is 386. The molecule has 0 radical (unpaired) electrons. The number of nitrogens with zero attached hydrogens (tertiary/aromatic N) is 3. The molecule has 1 fully saturated rings. The summed E-state index contributed by atoms with van der Waals surface area (Å²) in [6.45, 7) is 3.21. The summed E-state index contributed by atoms with van der Waals surface area (Å²) < 4.78 is 7.32. The topological polar surface area (TPSA) is 73.5 Å². The molecule has 0 aromatic carbocycles. The number of halogens is 1. The second-order valence-electron chi connectivity index (χ2n) is 3.49. The number of hydrogen-bond acceptors (Lipinski definition) is 4. The van der Waals surface area contributed by atoms with Gasteiger partial charge in [-0.3, -0.25) is 4.57 Å². The minimum atomic E-state index is -0.517. The van der Waals surface area contributed by atoms with E-state index in [2.05, 4.69) is 20.9 Å². The third-order valence-corrected chi connectivity index (χ3v) is 2.68. The smallest absolute Gasteiger partial charge is 0.368 e. The van der Waals surface area contributed by atoms with Crippen LogP contribution in [0.2, 0.25) is 0 Å². The maximum Gasteiger partial charge on any atom is 0.382 e. The highest BCUT2D eigenvalue weighted by Crippen LogP contribution is 2.30. The Labute approximate surface area is 88.2 Å². The maximum atomic E-state index is 10.4. The van der Waals surface area contributed by atoms with Crippen LogP contribution in [0.5, 0.6) is 0 Å². The minimum Gasteiger partial charge on any atom is -0.368 e. The fourth-order valence-corrected chi connectivity index (χ4v) is 1.56. The molecule has 1 atom stereocenters. The normalized spacial score (nSPS) is 25.0. The van der Waals surface area contributed by atoms with Gasteiger partial charge >= 0.3 is 5.82 Å². The van der Waals surface area contributed by atoms with E-state index in [1.165, 1.54) is 6.20 Å². The Kier molecular flexibility index (Phi) is 2.07. The zero-order valence-electron chi connectivity index (χ0n) is 7.44. The van der Waals surface area contributed by atoms with Crippen LogP contribution in [0.4, 0.5) is 5.82 Å². The lowest BCUT2D eigenvalue weighted by molar-refractivity contribution is -0.389. The van der Waals surface area contributed by atoms with Gasteiger partial charge in [0, 0.05) is 15.9 Å². The molecule has 0 bridgehead atoms. The standard InChI is InChI=1S/C7H8BrN3O3/c1-7(4-14-7)3-10-2-5(11(12)13)9-6(10)8/h2H,3-4H2,1H3/t7-/m1/s1. The van der Waals surface area contributed by atoms with Crippen molar-refractivity contribution in [2.75, 3.05) is 6.61 Å². The van der Waals surface area contributed by atoms with Crippen LogP contribution in [-0.2, 0) is 11.3 Å². The highest BCUT2D eigenvalue weighted by molar-refractivity contribution is 9.10. The molecule has 0 amide bonds. The van der Waals surface area contributed by atoms with Crippen molar-refractivity contribution in [2.24, 2.45) is 0 Å².